The molecule has 1 aliphatic carbocycles. The minimum atomic E-state index is -0.507. The fourth-order valence-corrected chi connectivity index (χ4v) is 4.91. The molecule has 28 heavy (non-hydrogen) atoms. The summed E-state index contributed by atoms with van der Waals surface area (Å²) in [5.74, 6) is 0.481. The van der Waals surface area contributed by atoms with Gasteiger partial charge in [0.2, 0.25) is 0 Å². The molecule has 0 saturated heterocycles. The molecule has 0 fully saturated rings. The first-order valence-corrected chi connectivity index (χ1v) is 10.2. The van der Waals surface area contributed by atoms with Gasteiger partial charge in [-0.1, -0.05) is 6.07 Å². The first-order chi connectivity index (χ1) is 13.5. The van der Waals surface area contributed by atoms with Crippen molar-refractivity contribution in [2.45, 2.75) is 46.1 Å². The Balaban J connectivity index is 1.41. The molecule has 0 unspecified atom stereocenters. The van der Waals surface area contributed by atoms with Crippen molar-refractivity contribution in [3.63, 3.8) is 0 Å². The van der Waals surface area contributed by atoms with Crippen LogP contribution < -0.4 is 10.3 Å². The zero-order valence-electron chi connectivity index (χ0n) is 16.0. The number of carbonyl (C=O) groups is 1. The van der Waals surface area contributed by atoms with Crippen LogP contribution >= 0.6 is 11.3 Å². The number of hydrogen-bond acceptors (Lipinski definition) is 6. The number of aromatic nitrogens is 2. The molecular weight excluding hydrogens is 376 g/mol. The number of aromatic amines is 1. The smallest absolute Gasteiger partial charge is 0.344 e. The Kier molecular flexibility index (Phi) is 5.17. The molecular formula is C21H22N2O4S. The van der Waals surface area contributed by atoms with Gasteiger partial charge >= 0.3 is 5.97 Å². The third-order valence-electron chi connectivity index (χ3n) is 4.80. The lowest BCUT2D eigenvalue weighted by atomic mass is 9.97. The van der Waals surface area contributed by atoms with Gasteiger partial charge in [0.25, 0.3) is 5.56 Å². The maximum atomic E-state index is 12.5. The van der Waals surface area contributed by atoms with Crippen molar-refractivity contribution >= 4 is 27.5 Å². The monoisotopic (exact) mass is 398 g/mol. The minimum absolute atomic E-state index is 0.0806. The summed E-state index contributed by atoms with van der Waals surface area (Å²) in [6, 6.07) is 5.77. The number of nitrogens with zero attached hydrogens (tertiary/aromatic N) is 1. The molecule has 6 nitrogen and oxygen atoms in total. The molecule has 1 N–H and O–H groups in total. The summed E-state index contributed by atoms with van der Waals surface area (Å²) in [7, 11) is 0. The maximum absolute atomic E-state index is 12.5. The van der Waals surface area contributed by atoms with Crippen LogP contribution in [0.2, 0.25) is 0 Å². The van der Waals surface area contributed by atoms with Gasteiger partial charge in [-0.05, 0) is 68.4 Å². The average molecular weight is 398 g/mol. The summed E-state index contributed by atoms with van der Waals surface area (Å²) in [4.78, 5) is 33.7. The van der Waals surface area contributed by atoms with Gasteiger partial charge in [-0.3, -0.25) is 4.79 Å². The third kappa shape index (κ3) is 3.94. The van der Waals surface area contributed by atoms with Crippen molar-refractivity contribution in [1.82, 2.24) is 9.97 Å². The van der Waals surface area contributed by atoms with E-state index in [0.717, 1.165) is 47.2 Å². The molecule has 2 aromatic heterocycles. The predicted octanol–water partition coefficient (Wildman–Crippen LogP) is 3.60. The molecule has 0 atom stereocenters. The van der Waals surface area contributed by atoms with Gasteiger partial charge in [-0.15, -0.1) is 11.3 Å². The summed E-state index contributed by atoms with van der Waals surface area (Å²) in [5, 5.41) is 0.702. The SMILES string of the molecule is Cc1cc(C)cc(OCC(=O)OCc2nc3sc4c(c3c(=O)[nH]2)CCCC4)c1. The Labute approximate surface area is 166 Å². The number of fused-ring (bicyclic) bond motifs is 3. The Morgan fingerprint density at radius 2 is 1.93 bits per heavy atom. The van der Waals surface area contributed by atoms with E-state index < -0.39 is 5.97 Å². The van der Waals surface area contributed by atoms with E-state index in [0.29, 0.717) is 17.0 Å². The molecule has 0 amide bonds. The lowest BCUT2D eigenvalue weighted by Crippen LogP contribution is -2.18. The number of benzene rings is 1. The molecule has 1 aromatic carbocycles. The third-order valence-corrected chi connectivity index (χ3v) is 5.98. The predicted molar refractivity (Wildman–Crippen MR) is 108 cm³/mol. The molecule has 146 valence electrons. The summed E-state index contributed by atoms with van der Waals surface area (Å²) < 4.78 is 10.7. The molecule has 0 saturated carbocycles. The average Bonchev–Trinajstić information content (AvgIpc) is 3.03. The highest BCUT2D eigenvalue weighted by atomic mass is 32.1. The van der Waals surface area contributed by atoms with E-state index >= 15 is 0 Å². The first-order valence-electron chi connectivity index (χ1n) is 9.40. The van der Waals surface area contributed by atoms with Gasteiger partial charge in [0.1, 0.15) is 23.0 Å². The van der Waals surface area contributed by atoms with E-state index in [9.17, 15) is 9.59 Å². The normalized spacial score (nSPS) is 13.4. The van der Waals surface area contributed by atoms with E-state index in [1.807, 2.05) is 32.0 Å². The number of H-pyrrole nitrogens is 1. The van der Waals surface area contributed by atoms with Gasteiger partial charge in [0, 0.05) is 4.88 Å². The Morgan fingerprint density at radius 1 is 1.18 bits per heavy atom. The van der Waals surface area contributed by atoms with E-state index in [4.69, 9.17) is 9.47 Å². The second-order valence-corrected chi connectivity index (χ2v) is 8.26. The van der Waals surface area contributed by atoms with Crippen LogP contribution in [-0.4, -0.2) is 22.5 Å². The lowest BCUT2D eigenvalue weighted by molar-refractivity contribution is -0.147. The fourth-order valence-electron chi connectivity index (χ4n) is 3.63. The summed E-state index contributed by atoms with van der Waals surface area (Å²) >= 11 is 1.58. The maximum Gasteiger partial charge on any atom is 0.344 e. The Morgan fingerprint density at radius 3 is 2.71 bits per heavy atom. The number of esters is 1. The number of nitrogens with one attached hydrogen (secondary N) is 1. The van der Waals surface area contributed by atoms with Crippen molar-refractivity contribution < 1.29 is 14.3 Å². The first kappa shape index (κ1) is 18.7. The molecule has 4 rings (SSSR count). The molecule has 3 aromatic rings. The number of rotatable bonds is 5. The molecule has 0 aliphatic heterocycles. The largest absolute Gasteiger partial charge is 0.482 e. The number of ether oxygens (including phenoxy) is 2. The number of hydrogen-bond donors (Lipinski definition) is 1. The summed E-state index contributed by atoms with van der Waals surface area (Å²) in [5.41, 5.74) is 3.13. The highest BCUT2D eigenvalue weighted by Crippen LogP contribution is 2.33. The quantitative estimate of drug-likeness (QED) is 0.664. The Hall–Kier alpha value is -2.67. The van der Waals surface area contributed by atoms with Crippen molar-refractivity contribution in [2.24, 2.45) is 0 Å². The molecule has 0 bridgehead atoms. The number of aryl methyl sites for hydroxylation is 4. The molecule has 2 heterocycles. The van der Waals surface area contributed by atoms with Gasteiger partial charge in [0.15, 0.2) is 6.61 Å². The summed E-state index contributed by atoms with van der Waals surface area (Å²) in [6.07, 6.45) is 4.21. The lowest BCUT2D eigenvalue weighted by Gasteiger charge is -2.09. The van der Waals surface area contributed by atoms with Crippen LogP contribution in [0, 0.1) is 13.8 Å². The Bertz CT molecular complexity index is 1080. The van der Waals surface area contributed by atoms with Gasteiger partial charge in [0.05, 0.1) is 5.39 Å². The van der Waals surface area contributed by atoms with E-state index in [1.165, 1.54) is 4.88 Å². The minimum Gasteiger partial charge on any atom is -0.482 e. The van der Waals surface area contributed by atoms with Crippen molar-refractivity contribution in [2.75, 3.05) is 6.61 Å². The van der Waals surface area contributed by atoms with Crippen LogP contribution in [0.4, 0.5) is 0 Å². The topological polar surface area (TPSA) is 81.3 Å². The second kappa shape index (κ2) is 7.75. The van der Waals surface area contributed by atoms with Gasteiger partial charge in [-0.2, -0.15) is 0 Å². The van der Waals surface area contributed by atoms with Crippen LogP contribution in [-0.2, 0) is 29.0 Å². The number of carbonyl (C=O) groups excluding carboxylic acids is 1. The van der Waals surface area contributed by atoms with Crippen LogP contribution in [0.3, 0.4) is 0 Å². The van der Waals surface area contributed by atoms with Gasteiger partial charge < -0.3 is 14.5 Å². The fraction of sp³-hybridized carbons (Fsp3) is 0.381. The van der Waals surface area contributed by atoms with Crippen molar-refractivity contribution in [3.05, 3.63) is 55.9 Å². The van der Waals surface area contributed by atoms with Crippen molar-refractivity contribution in [1.29, 1.82) is 0 Å². The standard InChI is InChI=1S/C21H22N2O4S/c1-12-7-13(2)9-14(8-12)26-11-18(24)27-10-17-22-20(25)19-15-5-3-4-6-16(15)28-21(19)23-17/h7-9H,3-6,10-11H2,1-2H3,(H,22,23,25). The summed E-state index contributed by atoms with van der Waals surface area (Å²) in [6.45, 7) is 3.67. The van der Waals surface area contributed by atoms with E-state index in [1.54, 1.807) is 11.3 Å². The van der Waals surface area contributed by atoms with Crippen molar-refractivity contribution in [3.8, 4) is 5.75 Å². The molecule has 1 aliphatic rings. The number of thiophene rings is 1. The van der Waals surface area contributed by atoms with Gasteiger partial charge in [-0.25, -0.2) is 9.78 Å². The zero-order valence-corrected chi connectivity index (χ0v) is 16.8. The molecule has 0 spiro atoms. The van der Waals surface area contributed by atoms with E-state index in [-0.39, 0.29) is 18.8 Å². The van der Waals surface area contributed by atoms with Crippen LogP contribution in [0.5, 0.6) is 5.75 Å². The van der Waals surface area contributed by atoms with Crippen LogP contribution in [0.15, 0.2) is 23.0 Å². The second-order valence-electron chi connectivity index (χ2n) is 7.18. The zero-order chi connectivity index (χ0) is 19.7. The van der Waals surface area contributed by atoms with Crippen LogP contribution in [0.1, 0.15) is 40.2 Å². The van der Waals surface area contributed by atoms with E-state index in [2.05, 4.69) is 9.97 Å². The highest BCUT2D eigenvalue weighted by molar-refractivity contribution is 7.18. The highest BCUT2D eigenvalue weighted by Gasteiger charge is 2.20. The van der Waals surface area contributed by atoms with Crippen LogP contribution in [0.25, 0.3) is 10.2 Å². The molecule has 0 radical (unpaired) electrons. The molecule has 7 heteroatoms.